The number of halogens is 2. The Labute approximate surface area is 130 Å². The van der Waals surface area contributed by atoms with Gasteiger partial charge < -0.3 is 15.2 Å². The molecule has 2 atom stereocenters. The van der Waals surface area contributed by atoms with Crippen LogP contribution >= 0.6 is 15.9 Å². The van der Waals surface area contributed by atoms with Gasteiger partial charge in [0.2, 0.25) is 0 Å². The smallest absolute Gasteiger partial charge is 0.127 e. The minimum Gasteiger partial charge on any atom is -0.508 e. The average Bonchev–Trinajstić information content (AvgIpc) is 2.45. The minimum atomic E-state index is -0.462. The maximum absolute atomic E-state index is 13.5. The van der Waals surface area contributed by atoms with Gasteiger partial charge in [-0.15, -0.1) is 0 Å². The highest BCUT2D eigenvalue weighted by atomic mass is 79.9. The van der Waals surface area contributed by atoms with Gasteiger partial charge in [0.05, 0.1) is 0 Å². The Kier molecular flexibility index (Phi) is 3.87. The van der Waals surface area contributed by atoms with E-state index in [0.29, 0.717) is 12.0 Å². The van der Waals surface area contributed by atoms with Crippen molar-refractivity contribution in [3.05, 3.63) is 57.8 Å². The molecule has 0 amide bonds. The van der Waals surface area contributed by atoms with Crippen LogP contribution in [0.2, 0.25) is 0 Å². The highest BCUT2D eigenvalue weighted by Crippen LogP contribution is 2.42. The van der Waals surface area contributed by atoms with Crippen molar-refractivity contribution in [1.29, 1.82) is 0 Å². The predicted molar refractivity (Wildman–Crippen MR) is 82.0 cm³/mol. The molecule has 2 N–H and O–H groups in total. The van der Waals surface area contributed by atoms with Gasteiger partial charge in [-0.1, -0.05) is 15.9 Å². The Morgan fingerprint density at radius 3 is 2.81 bits per heavy atom. The zero-order valence-electron chi connectivity index (χ0n) is 11.4. The first-order chi connectivity index (χ1) is 10.1. The van der Waals surface area contributed by atoms with Crippen LogP contribution in [0.5, 0.6) is 11.5 Å². The second kappa shape index (κ2) is 5.66. The van der Waals surface area contributed by atoms with Gasteiger partial charge in [-0.3, -0.25) is 0 Å². The standard InChI is InChI=1S/C16H15BrFNO2/c1-19-14-8-16(9-4-11(18)7-12(20)5-9)21-15-3-2-10(17)6-13(14)15/h2-7,14,16,19-20H,8H2,1H3. The average molecular weight is 352 g/mol. The molecule has 21 heavy (non-hydrogen) atoms. The normalized spacial score (nSPS) is 20.7. The highest BCUT2D eigenvalue weighted by Gasteiger charge is 2.29. The zero-order chi connectivity index (χ0) is 15.0. The maximum atomic E-state index is 13.5. The molecule has 2 unspecified atom stereocenters. The SMILES string of the molecule is CNC1CC(c2cc(O)cc(F)c2)Oc2ccc(Br)cc21. The molecule has 0 bridgehead atoms. The van der Waals surface area contributed by atoms with Crippen molar-refractivity contribution in [1.82, 2.24) is 5.32 Å². The van der Waals surface area contributed by atoms with Gasteiger partial charge in [-0.05, 0) is 42.9 Å². The fourth-order valence-electron chi connectivity index (χ4n) is 2.70. The number of ether oxygens (including phenoxy) is 1. The third-order valence-electron chi connectivity index (χ3n) is 3.69. The van der Waals surface area contributed by atoms with Crippen LogP contribution in [-0.2, 0) is 0 Å². The van der Waals surface area contributed by atoms with Gasteiger partial charge in [-0.2, -0.15) is 0 Å². The van der Waals surface area contributed by atoms with Gasteiger partial charge in [-0.25, -0.2) is 4.39 Å². The molecular weight excluding hydrogens is 337 g/mol. The van der Waals surface area contributed by atoms with E-state index >= 15 is 0 Å². The van der Waals surface area contributed by atoms with E-state index in [1.54, 1.807) is 6.07 Å². The molecule has 2 aromatic rings. The lowest BCUT2D eigenvalue weighted by atomic mass is 9.93. The van der Waals surface area contributed by atoms with E-state index in [9.17, 15) is 9.50 Å². The molecule has 0 saturated carbocycles. The summed E-state index contributed by atoms with van der Waals surface area (Å²) < 4.78 is 20.4. The molecule has 3 rings (SSSR count). The van der Waals surface area contributed by atoms with E-state index in [-0.39, 0.29) is 17.9 Å². The van der Waals surface area contributed by atoms with Gasteiger partial charge in [0.1, 0.15) is 23.4 Å². The molecule has 0 saturated heterocycles. The third-order valence-corrected chi connectivity index (χ3v) is 4.18. The van der Waals surface area contributed by atoms with Crippen molar-refractivity contribution in [3.8, 4) is 11.5 Å². The first kappa shape index (κ1) is 14.4. The summed E-state index contributed by atoms with van der Waals surface area (Å²) in [5.74, 6) is 0.227. The van der Waals surface area contributed by atoms with Crippen molar-refractivity contribution in [2.75, 3.05) is 7.05 Å². The molecule has 0 aliphatic carbocycles. The molecule has 110 valence electrons. The molecule has 0 fully saturated rings. The van der Waals surface area contributed by atoms with Crippen molar-refractivity contribution in [2.45, 2.75) is 18.6 Å². The second-order valence-corrected chi connectivity index (χ2v) is 6.02. The van der Waals surface area contributed by atoms with Gasteiger partial charge >= 0.3 is 0 Å². The maximum Gasteiger partial charge on any atom is 0.127 e. The zero-order valence-corrected chi connectivity index (χ0v) is 13.0. The second-order valence-electron chi connectivity index (χ2n) is 5.11. The number of hydrogen-bond acceptors (Lipinski definition) is 3. The number of phenolic OH excluding ortho intramolecular Hbond substituents is 1. The third kappa shape index (κ3) is 2.89. The van der Waals surface area contributed by atoms with E-state index in [1.807, 2.05) is 25.2 Å². The number of rotatable bonds is 2. The van der Waals surface area contributed by atoms with Crippen LogP contribution in [-0.4, -0.2) is 12.2 Å². The fraction of sp³-hybridized carbons (Fsp3) is 0.250. The number of nitrogens with one attached hydrogen (secondary N) is 1. The molecule has 0 radical (unpaired) electrons. The number of hydrogen-bond donors (Lipinski definition) is 2. The van der Waals surface area contributed by atoms with E-state index in [1.165, 1.54) is 6.07 Å². The van der Waals surface area contributed by atoms with Crippen LogP contribution in [0.15, 0.2) is 40.9 Å². The number of fused-ring (bicyclic) bond motifs is 1. The van der Waals surface area contributed by atoms with Gasteiger partial charge in [0.15, 0.2) is 0 Å². The minimum absolute atomic E-state index is 0.0868. The highest BCUT2D eigenvalue weighted by molar-refractivity contribution is 9.10. The fourth-order valence-corrected chi connectivity index (χ4v) is 3.08. The number of aromatic hydroxyl groups is 1. The van der Waals surface area contributed by atoms with Crippen molar-refractivity contribution in [3.63, 3.8) is 0 Å². The Balaban J connectivity index is 1.98. The summed E-state index contributed by atoms with van der Waals surface area (Å²) in [5.41, 5.74) is 1.71. The molecule has 1 aliphatic heterocycles. The van der Waals surface area contributed by atoms with Crippen molar-refractivity contribution < 1.29 is 14.2 Å². The molecule has 0 spiro atoms. The summed E-state index contributed by atoms with van der Waals surface area (Å²) in [4.78, 5) is 0. The molecule has 0 aromatic heterocycles. The van der Waals surface area contributed by atoms with Crippen LogP contribution in [0.3, 0.4) is 0 Å². The lowest BCUT2D eigenvalue weighted by Gasteiger charge is -2.32. The van der Waals surface area contributed by atoms with E-state index in [4.69, 9.17) is 4.74 Å². The Morgan fingerprint density at radius 2 is 2.10 bits per heavy atom. The molecular formula is C16H15BrFNO2. The van der Waals surface area contributed by atoms with E-state index < -0.39 is 5.82 Å². The summed E-state index contributed by atoms with van der Waals surface area (Å²) in [6, 6.07) is 9.99. The summed E-state index contributed by atoms with van der Waals surface area (Å²) in [5, 5.41) is 12.8. The molecule has 1 aliphatic rings. The van der Waals surface area contributed by atoms with E-state index in [2.05, 4.69) is 21.2 Å². The molecule has 3 nitrogen and oxygen atoms in total. The molecule has 5 heteroatoms. The summed E-state index contributed by atoms with van der Waals surface area (Å²) in [6.45, 7) is 0. The Hall–Kier alpha value is -1.59. The monoisotopic (exact) mass is 351 g/mol. The quantitative estimate of drug-likeness (QED) is 0.856. The van der Waals surface area contributed by atoms with Crippen LogP contribution in [0.1, 0.15) is 29.7 Å². The summed E-state index contributed by atoms with van der Waals surface area (Å²) in [7, 11) is 1.89. The topological polar surface area (TPSA) is 41.5 Å². The van der Waals surface area contributed by atoms with Crippen molar-refractivity contribution in [2.24, 2.45) is 0 Å². The molecule has 1 heterocycles. The summed E-state index contributed by atoms with van der Waals surface area (Å²) >= 11 is 3.46. The predicted octanol–water partition coefficient (Wildman–Crippen LogP) is 4.08. The molecule has 2 aromatic carbocycles. The number of benzene rings is 2. The van der Waals surface area contributed by atoms with Crippen LogP contribution < -0.4 is 10.1 Å². The lowest BCUT2D eigenvalue weighted by Crippen LogP contribution is -2.26. The van der Waals surface area contributed by atoms with Crippen LogP contribution in [0.25, 0.3) is 0 Å². The first-order valence-electron chi connectivity index (χ1n) is 6.69. The van der Waals surface area contributed by atoms with Gasteiger partial charge in [0.25, 0.3) is 0 Å². The van der Waals surface area contributed by atoms with Crippen molar-refractivity contribution >= 4 is 15.9 Å². The first-order valence-corrected chi connectivity index (χ1v) is 7.49. The van der Waals surface area contributed by atoms with Gasteiger partial charge in [0, 0.05) is 28.6 Å². The summed E-state index contributed by atoms with van der Waals surface area (Å²) in [6.07, 6.45) is 0.376. The largest absolute Gasteiger partial charge is 0.508 e. The number of phenols is 1. The lowest BCUT2D eigenvalue weighted by molar-refractivity contribution is 0.153. The Bertz CT molecular complexity index is 657. The van der Waals surface area contributed by atoms with Crippen LogP contribution in [0, 0.1) is 5.82 Å². The van der Waals surface area contributed by atoms with Crippen LogP contribution in [0.4, 0.5) is 4.39 Å². The Morgan fingerprint density at radius 1 is 1.29 bits per heavy atom. The van der Waals surface area contributed by atoms with E-state index in [0.717, 1.165) is 21.9 Å².